The molecule has 2 heterocycles. The summed E-state index contributed by atoms with van der Waals surface area (Å²) in [6.07, 6.45) is 6.02. The minimum absolute atomic E-state index is 0.0888. The standard InChI is InChI=1S/C18H16BrN3O/c19-14-6-4-13(5-7-14)18(23)22(15-8-9-15)12-16-11-20-17-3-1-2-10-21(16)17/h1-7,10-11,15H,8-9,12H2. The molecule has 116 valence electrons. The van der Waals surface area contributed by atoms with Crippen molar-refractivity contribution in [3.63, 3.8) is 0 Å². The molecule has 0 saturated heterocycles. The zero-order valence-corrected chi connectivity index (χ0v) is 14.1. The van der Waals surface area contributed by atoms with Crippen LogP contribution in [0.2, 0.25) is 0 Å². The van der Waals surface area contributed by atoms with Crippen molar-refractivity contribution in [1.29, 1.82) is 0 Å². The Bertz CT molecular complexity index is 852. The fourth-order valence-corrected chi connectivity index (χ4v) is 3.05. The van der Waals surface area contributed by atoms with Crippen LogP contribution in [-0.4, -0.2) is 26.2 Å². The van der Waals surface area contributed by atoms with Gasteiger partial charge < -0.3 is 9.30 Å². The molecule has 0 radical (unpaired) electrons. The molecule has 1 aromatic carbocycles. The van der Waals surface area contributed by atoms with Gasteiger partial charge in [-0.05, 0) is 49.2 Å². The van der Waals surface area contributed by atoms with E-state index in [-0.39, 0.29) is 5.91 Å². The Morgan fingerprint density at radius 3 is 2.74 bits per heavy atom. The largest absolute Gasteiger partial charge is 0.330 e. The second-order valence-corrected chi connectivity index (χ2v) is 6.77. The lowest BCUT2D eigenvalue weighted by atomic mass is 10.2. The summed E-state index contributed by atoms with van der Waals surface area (Å²) < 4.78 is 3.03. The number of benzene rings is 1. The van der Waals surface area contributed by atoms with Gasteiger partial charge in [-0.25, -0.2) is 4.98 Å². The first-order valence-electron chi connectivity index (χ1n) is 7.70. The average Bonchev–Trinajstić information content (AvgIpc) is 3.34. The molecule has 23 heavy (non-hydrogen) atoms. The highest BCUT2D eigenvalue weighted by Gasteiger charge is 2.33. The fourth-order valence-electron chi connectivity index (χ4n) is 2.79. The van der Waals surface area contributed by atoms with Crippen LogP contribution in [0.3, 0.4) is 0 Å². The summed E-state index contributed by atoms with van der Waals surface area (Å²) in [6.45, 7) is 0.588. The number of hydrogen-bond acceptors (Lipinski definition) is 2. The molecule has 2 aromatic heterocycles. The molecular formula is C18H16BrN3O. The number of nitrogens with zero attached hydrogens (tertiary/aromatic N) is 3. The van der Waals surface area contributed by atoms with Gasteiger partial charge in [0.2, 0.25) is 0 Å². The van der Waals surface area contributed by atoms with Crippen molar-refractivity contribution in [3.05, 3.63) is 70.6 Å². The first-order chi connectivity index (χ1) is 11.2. The normalized spacial score (nSPS) is 14.1. The number of aromatic nitrogens is 2. The van der Waals surface area contributed by atoms with Crippen molar-refractivity contribution in [2.45, 2.75) is 25.4 Å². The van der Waals surface area contributed by atoms with Crippen molar-refractivity contribution in [1.82, 2.24) is 14.3 Å². The van der Waals surface area contributed by atoms with Gasteiger partial charge in [-0.2, -0.15) is 0 Å². The van der Waals surface area contributed by atoms with E-state index in [4.69, 9.17) is 0 Å². The maximum Gasteiger partial charge on any atom is 0.254 e. The molecule has 0 aliphatic heterocycles. The van der Waals surface area contributed by atoms with Gasteiger partial charge in [0.1, 0.15) is 5.65 Å². The van der Waals surface area contributed by atoms with Crippen LogP contribution >= 0.6 is 15.9 Å². The number of carbonyl (C=O) groups excluding carboxylic acids is 1. The predicted octanol–water partition coefficient (Wildman–Crippen LogP) is 3.90. The molecule has 4 nitrogen and oxygen atoms in total. The minimum atomic E-state index is 0.0888. The Hall–Kier alpha value is -2.14. The van der Waals surface area contributed by atoms with Gasteiger partial charge in [0, 0.05) is 22.3 Å². The van der Waals surface area contributed by atoms with Gasteiger partial charge in [0.25, 0.3) is 5.91 Å². The van der Waals surface area contributed by atoms with Gasteiger partial charge in [0.05, 0.1) is 18.4 Å². The van der Waals surface area contributed by atoms with Gasteiger partial charge >= 0.3 is 0 Å². The van der Waals surface area contributed by atoms with Crippen LogP contribution in [0, 0.1) is 0 Å². The van der Waals surface area contributed by atoms with E-state index in [1.54, 1.807) is 0 Å². The molecule has 1 amide bonds. The molecular weight excluding hydrogens is 354 g/mol. The van der Waals surface area contributed by atoms with Crippen LogP contribution in [0.15, 0.2) is 59.3 Å². The van der Waals surface area contributed by atoms with Crippen molar-refractivity contribution >= 4 is 27.5 Å². The molecule has 0 unspecified atom stereocenters. The number of rotatable bonds is 4. The summed E-state index contributed by atoms with van der Waals surface area (Å²) in [7, 11) is 0. The van der Waals surface area contributed by atoms with Crippen molar-refractivity contribution < 1.29 is 4.79 Å². The van der Waals surface area contributed by atoms with Crippen LogP contribution in [0.1, 0.15) is 28.9 Å². The van der Waals surface area contributed by atoms with E-state index in [0.717, 1.165) is 34.2 Å². The number of carbonyl (C=O) groups is 1. The van der Waals surface area contributed by atoms with Crippen molar-refractivity contribution in [3.8, 4) is 0 Å². The number of imidazole rings is 1. The van der Waals surface area contributed by atoms with Gasteiger partial charge in [0.15, 0.2) is 0 Å². The third-order valence-corrected chi connectivity index (χ3v) is 4.69. The highest BCUT2D eigenvalue weighted by atomic mass is 79.9. The molecule has 0 spiro atoms. The van der Waals surface area contributed by atoms with Gasteiger partial charge in [-0.15, -0.1) is 0 Å². The average molecular weight is 370 g/mol. The first kappa shape index (κ1) is 14.5. The molecule has 1 saturated carbocycles. The fraction of sp³-hybridized carbons (Fsp3) is 0.222. The molecule has 1 fully saturated rings. The smallest absolute Gasteiger partial charge is 0.254 e. The number of pyridine rings is 1. The highest BCUT2D eigenvalue weighted by Crippen LogP contribution is 2.30. The number of fused-ring (bicyclic) bond motifs is 1. The zero-order valence-electron chi connectivity index (χ0n) is 12.5. The zero-order chi connectivity index (χ0) is 15.8. The van der Waals surface area contributed by atoms with Crippen LogP contribution in [-0.2, 0) is 6.54 Å². The maximum atomic E-state index is 12.9. The van der Waals surface area contributed by atoms with E-state index in [9.17, 15) is 4.79 Å². The second-order valence-electron chi connectivity index (χ2n) is 5.85. The monoisotopic (exact) mass is 369 g/mol. The Balaban J connectivity index is 1.63. The molecule has 1 aliphatic rings. The molecule has 0 N–H and O–H groups in total. The molecule has 4 rings (SSSR count). The second kappa shape index (κ2) is 5.81. The number of hydrogen-bond donors (Lipinski definition) is 0. The Morgan fingerprint density at radius 1 is 1.22 bits per heavy atom. The summed E-state index contributed by atoms with van der Waals surface area (Å²) in [5.41, 5.74) is 2.68. The number of amides is 1. The molecule has 0 atom stereocenters. The van der Waals surface area contributed by atoms with Crippen LogP contribution in [0.5, 0.6) is 0 Å². The summed E-state index contributed by atoms with van der Waals surface area (Å²) in [5, 5.41) is 0. The molecule has 0 bridgehead atoms. The van der Waals surface area contributed by atoms with E-state index >= 15 is 0 Å². The molecule has 1 aliphatic carbocycles. The lowest BCUT2D eigenvalue weighted by Crippen LogP contribution is -2.33. The Kier molecular flexibility index (Phi) is 3.65. The van der Waals surface area contributed by atoms with Crippen molar-refractivity contribution in [2.24, 2.45) is 0 Å². The van der Waals surface area contributed by atoms with Crippen LogP contribution in [0.25, 0.3) is 5.65 Å². The predicted molar refractivity (Wildman–Crippen MR) is 92.2 cm³/mol. The van der Waals surface area contributed by atoms with E-state index in [2.05, 4.69) is 20.9 Å². The third-order valence-electron chi connectivity index (χ3n) is 4.17. The topological polar surface area (TPSA) is 37.6 Å². The van der Waals surface area contributed by atoms with Crippen LogP contribution in [0.4, 0.5) is 0 Å². The summed E-state index contributed by atoms with van der Waals surface area (Å²) in [4.78, 5) is 19.3. The quantitative estimate of drug-likeness (QED) is 0.699. The van der Waals surface area contributed by atoms with E-state index in [1.807, 2.05) is 64.2 Å². The maximum absolute atomic E-state index is 12.9. The number of halogens is 1. The first-order valence-corrected chi connectivity index (χ1v) is 8.49. The van der Waals surface area contributed by atoms with Crippen molar-refractivity contribution in [2.75, 3.05) is 0 Å². The van der Waals surface area contributed by atoms with E-state index in [0.29, 0.717) is 12.6 Å². The lowest BCUT2D eigenvalue weighted by molar-refractivity contribution is 0.0727. The minimum Gasteiger partial charge on any atom is -0.330 e. The van der Waals surface area contributed by atoms with Crippen LogP contribution < -0.4 is 0 Å². The highest BCUT2D eigenvalue weighted by molar-refractivity contribution is 9.10. The Labute approximate surface area is 142 Å². The lowest BCUT2D eigenvalue weighted by Gasteiger charge is -2.22. The van der Waals surface area contributed by atoms with Gasteiger partial charge in [-0.3, -0.25) is 4.79 Å². The van der Waals surface area contributed by atoms with E-state index < -0.39 is 0 Å². The summed E-state index contributed by atoms with van der Waals surface area (Å²) >= 11 is 3.41. The molecule has 3 aromatic rings. The molecule has 5 heteroatoms. The Morgan fingerprint density at radius 2 is 2.00 bits per heavy atom. The van der Waals surface area contributed by atoms with Gasteiger partial charge in [-0.1, -0.05) is 22.0 Å². The summed E-state index contributed by atoms with van der Waals surface area (Å²) in [5.74, 6) is 0.0888. The SMILES string of the molecule is O=C(c1ccc(Br)cc1)N(Cc1cnc2ccccn12)C1CC1. The van der Waals surface area contributed by atoms with E-state index in [1.165, 1.54) is 0 Å². The summed E-state index contributed by atoms with van der Waals surface area (Å²) in [6, 6.07) is 13.8. The third kappa shape index (κ3) is 2.88.